The molecule has 0 saturated heterocycles. The molecule has 2 heteroatoms. The summed E-state index contributed by atoms with van der Waals surface area (Å²) in [6.07, 6.45) is 4.03. The summed E-state index contributed by atoms with van der Waals surface area (Å²) in [5.74, 6) is 0.0223. The average Bonchev–Trinajstić information content (AvgIpc) is 2.31. The minimum absolute atomic E-state index is 0.0530. The van der Waals surface area contributed by atoms with E-state index in [9.17, 15) is 9.50 Å². The Hall–Kier alpha value is -0.890. The molecular weight excluding hydrogens is 239 g/mol. The van der Waals surface area contributed by atoms with Gasteiger partial charge >= 0.3 is 0 Å². The van der Waals surface area contributed by atoms with E-state index < -0.39 is 5.60 Å². The highest BCUT2D eigenvalue weighted by atomic mass is 19.1. The largest absolute Gasteiger partial charge is 0.385 e. The van der Waals surface area contributed by atoms with Gasteiger partial charge in [0.2, 0.25) is 0 Å². The molecule has 2 rings (SSSR count). The van der Waals surface area contributed by atoms with Crippen molar-refractivity contribution in [2.75, 3.05) is 0 Å². The first-order valence-corrected chi connectivity index (χ1v) is 7.24. The van der Waals surface area contributed by atoms with Crippen molar-refractivity contribution in [2.45, 2.75) is 59.0 Å². The smallest absolute Gasteiger partial charge is 0.126 e. The summed E-state index contributed by atoms with van der Waals surface area (Å²) in [4.78, 5) is 0. The summed E-state index contributed by atoms with van der Waals surface area (Å²) in [5, 5.41) is 11.2. The van der Waals surface area contributed by atoms with Crippen molar-refractivity contribution < 1.29 is 9.50 Å². The fraction of sp³-hybridized carbons (Fsp3) is 0.647. The van der Waals surface area contributed by atoms with Crippen molar-refractivity contribution in [1.29, 1.82) is 0 Å². The van der Waals surface area contributed by atoms with Crippen molar-refractivity contribution in [3.05, 3.63) is 35.1 Å². The molecule has 0 spiro atoms. The Morgan fingerprint density at radius 1 is 1.26 bits per heavy atom. The number of rotatable bonds is 1. The number of hydrogen-bond acceptors (Lipinski definition) is 1. The molecule has 106 valence electrons. The summed E-state index contributed by atoms with van der Waals surface area (Å²) in [6.45, 7) is 8.32. The molecule has 1 fully saturated rings. The molecule has 1 saturated carbocycles. The van der Waals surface area contributed by atoms with E-state index in [1.165, 1.54) is 12.5 Å². The van der Waals surface area contributed by atoms with Crippen LogP contribution in [0, 0.1) is 24.1 Å². The SMILES string of the molecule is Cc1cc(C2(O)CCCCC2C(C)(C)C)ccc1F. The Balaban J connectivity index is 2.45. The minimum atomic E-state index is -0.811. The van der Waals surface area contributed by atoms with Crippen LogP contribution in [0.4, 0.5) is 4.39 Å². The van der Waals surface area contributed by atoms with Crippen LogP contribution in [0.15, 0.2) is 18.2 Å². The second-order valence-corrected chi connectivity index (χ2v) is 7.05. The molecule has 2 unspecified atom stereocenters. The van der Waals surface area contributed by atoms with Gasteiger partial charge in [0, 0.05) is 0 Å². The molecule has 1 nitrogen and oxygen atoms in total. The number of benzene rings is 1. The first-order chi connectivity index (χ1) is 8.75. The molecule has 0 bridgehead atoms. The highest BCUT2D eigenvalue weighted by molar-refractivity contribution is 5.30. The van der Waals surface area contributed by atoms with Crippen LogP contribution < -0.4 is 0 Å². The minimum Gasteiger partial charge on any atom is -0.385 e. The maximum Gasteiger partial charge on any atom is 0.126 e. The van der Waals surface area contributed by atoms with E-state index in [0.717, 1.165) is 24.8 Å². The molecule has 1 N–H and O–H groups in total. The second kappa shape index (κ2) is 4.90. The van der Waals surface area contributed by atoms with Crippen molar-refractivity contribution >= 4 is 0 Å². The number of hydrogen-bond donors (Lipinski definition) is 1. The molecule has 0 heterocycles. The third-order valence-electron chi connectivity index (χ3n) is 4.58. The predicted molar refractivity (Wildman–Crippen MR) is 76.4 cm³/mol. The van der Waals surface area contributed by atoms with Crippen LogP contribution in [-0.2, 0) is 5.60 Å². The van der Waals surface area contributed by atoms with Crippen LogP contribution in [0.25, 0.3) is 0 Å². The third-order valence-corrected chi connectivity index (χ3v) is 4.58. The quantitative estimate of drug-likeness (QED) is 0.788. The zero-order valence-corrected chi connectivity index (χ0v) is 12.5. The molecule has 19 heavy (non-hydrogen) atoms. The number of aryl methyl sites for hydroxylation is 1. The van der Waals surface area contributed by atoms with Gasteiger partial charge in [-0.25, -0.2) is 4.39 Å². The summed E-state index contributed by atoms with van der Waals surface area (Å²) in [6, 6.07) is 5.06. The van der Waals surface area contributed by atoms with Crippen LogP contribution in [-0.4, -0.2) is 5.11 Å². The number of aliphatic hydroxyl groups is 1. The second-order valence-electron chi connectivity index (χ2n) is 7.05. The van der Waals surface area contributed by atoms with E-state index in [1.807, 2.05) is 6.07 Å². The molecule has 1 aliphatic rings. The lowest BCUT2D eigenvalue weighted by Crippen LogP contribution is -2.44. The van der Waals surface area contributed by atoms with Crippen LogP contribution in [0.5, 0.6) is 0 Å². The lowest BCUT2D eigenvalue weighted by atomic mass is 9.61. The molecule has 0 amide bonds. The van der Waals surface area contributed by atoms with Gasteiger partial charge in [-0.05, 0) is 48.3 Å². The lowest BCUT2D eigenvalue weighted by Gasteiger charge is -2.47. The molecule has 0 aromatic heterocycles. The third kappa shape index (κ3) is 2.69. The maximum absolute atomic E-state index is 13.4. The van der Waals surface area contributed by atoms with Gasteiger partial charge < -0.3 is 5.11 Å². The van der Waals surface area contributed by atoms with Gasteiger partial charge in [-0.15, -0.1) is 0 Å². The van der Waals surface area contributed by atoms with E-state index in [2.05, 4.69) is 20.8 Å². The van der Waals surface area contributed by atoms with Gasteiger partial charge in [0.15, 0.2) is 0 Å². The van der Waals surface area contributed by atoms with Gasteiger partial charge in [-0.3, -0.25) is 0 Å². The molecule has 0 radical (unpaired) electrons. The Bertz CT molecular complexity index is 461. The standard InChI is InChI=1S/C17H25FO/c1-12-11-13(8-9-14(12)18)17(19)10-6-5-7-15(17)16(2,3)4/h8-9,11,15,19H,5-7,10H2,1-4H3. The fourth-order valence-electron chi connectivity index (χ4n) is 3.56. The fourth-order valence-corrected chi connectivity index (χ4v) is 3.56. The van der Waals surface area contributed by atoms with Crippen LogP contribution in [0.2, 0.25) is 0 Å². The van der Waals surface area contributed by atoms with E-state index in [1.54, 1.807) is 13.0 Å². The zero-order valence-electron chi connectivity index (χ0n) is 12.5. The van der Waals surface area contributed by atoms with E-state index in [4.69, 9.17) is 0 Å². The summed E-state index contributed by atoms with van der Waals surface area (Å²) >= 11 is 0. The highest BCUT2D eigenvalue weighted by Crippen LogP contribution is 2.49. The monoisotopic (exact) mass is 264 g/mol. The molecule has 1 aromatic rings. The summed E-state index contributed by atoms with van der Waals surface area (Å²) < 4.78 is 13.4. The first kappa shape index (κ1) is 14.5. The molecular formula is C17H25FO. The normalized spacial score (nSPS) is 28.4. The topological polar surface area (TPSA) is 20.2 Å². The Morgan fingerprint density at radius 3 is 2.53 bits per heavy atom. The summed E-state index contributed by atoms with van der Waals surface area (Å²) in [5.41, 5.74) is 0.738. The molecule has 2 atom stereocenters. The van der Waals surface area contributed by atoms with Crippen molar-refractivity contribution in [3.8, 4) is 0 Å². The van der Waals surface area contributed by atoms with Crippen molar-refractivity contribution in [1.82, 2.24) is 0 Å². The van der Waals surface area contributed by atoms with Crippen molar-refractivity contribution in [2.24, 2.45) is 11.3 Å². The first-order valence-electron chi connectivity index (χ1n) is 7.24. The van der Waals surface area contributed by atoms with Crippen LogP contribution in [0.1, 0.15) is 57.6 Å². The summed E-state index contributed by atoms with van der Waals surface area (Å²) in [7, 11) is 0. The number of halogens is 1. The van der Waals surface area contributed by atoms with Gasteiger partial charge in [-0.1, -0.05) is 45.7 Å². The molecule has 1 aromatic carbocycles. The average molecular weight is 264 g/mol. The Kier molecular flexibility index (Phi) is 3.74. The van der Waals surface area contributed by atoms with Crippen molar-refractivity contribution in [3.63, 3.8) is 0 Å². The lowest BCUT2D eigenvalue weighted by molar-refractivity contribution is -0.0960. The van der Waals surface area contributed by atoms with Gasteiger partial charge in [0.1, 0.15) is 5.82 Å². The van der Waals surface area contributed by atoms with Crippen LogP contribution in [0.3, 0.4) is 0 Å². The zero-order chi connectivity index (χ0) is 14.3. The van der Waals surface area contributed by atoms with Gasteiger partial charge in [0.05, 0.1) is 5.60 Å². The Morgan fingerprint density at radius 2 is 1.95 bits per heavy atom. The van der Waals surface area contributed by atoms with E-state index in [0.29, 0.717) is 5.56 Å². The Labute approximate surface area is 115 Å². The molecule has 1 aliphatic carbocycles. The van der Waals surface area contributed by atoms with E-state index >= 15 is 0 Å². The van der Waals surface area contributed by atoms with E-state index in [-0.39, 0.29) is 17.2 Å². The van der Waals surface area contributed by atoms with Gasteiger partial charge in [-0.2, -0.15) is 0 Å². The maximum atomic E-state index is 13.4. The predicted octanol–water partition coefficient (Wildman–Crippen LogP) is 4.56. The van der Waals surface area contributed by atoms with Crippen LogP contribution >= 0.6 is 0 Å². The highest BCUT2D eigenvalue weighted by Gasteiger charge is 2.45. The molecule has 0 aliphatic heterocycles. The van der Waals surface area contributed by atoms with Gasteiger partial charge in [0.25, 0.3) is 0 Å².